The van der Waals surface area contributed by atoms with Crippen molar-refractivity contribution in [2.45, 2.75) is 45.6 Å². The number of nitrogens with zero attached hydrogens (tertiary/aromatic N) is 3. The Morgan fingerprint density at radius 1 is 1.16 bits per heavy atom. The number of benzene rings is 1. The lowest BCUT2D eigenvalue weighted by molar-refractivity contribution is -0.137. The Kier molecular flexibility index (Phi) is 6.28. The van der Waals surface area contributed by atoms with Crippen LogP contribution in [-0.2, 0) is 29.0 Å². The number of ether oxygens (including phenoxy) is 1. The molecule has 0 unspecified atom stereocenters. The molecule has 0 fully saturated rings. The van der Waals surface area contributed by atoms with E-state index in [9.17, 15) is 4.79 Å². The van der Waals surface area contributed by atoms with E-state index in [2.05, 4.69) is 48.3 Å². The zero-order valence-electron chi connectivity index (χ0n) is 18.0. The topological polar surface area (TPSA) is 76.7 Å². The Bertz CT molecular complexity index is 1230. The van der Waals surface area contributed by atoms with Gasteiger partial charge in [0.1, 0.15) is 0 Å². The molecule has 6 heteroatoms. The third kappa shape index (κ3) is 4.30. The molecule has 1 N–H and O–H groups in total. The summed E-state index contributed by atoms with van der Waals surface area (Å²) in [6.07, 6.45) is 5.03. The average molecular weight is 418 g/mol. The van der Waals surface area contributed by atoms with Gasteiger partial charge in [0.25, 0.3) is 0 Å². The van der Waals surface area contributed by atoms with Crippen molar-refractivity contribution in [3.63, 3.8) is 0 Å². The van der Waals surface area contributed by atoms with Gasteiger partial charge in [-0.25, -0.2) is 4.52 Å². The summed E-state index contributed by atoms with van der Waals surface area (Å²) in [7, 11) is 1.68. The maximum Gasteiger partial charge on any atom is 0.303 e. The number of carboxylic acid groups (broad SMARTS) is 1. The monoisotopic (exact) mass is 417 g/mol. The third-order valence-electron chi connectivity index (χ3n) is 5.66. The summed E-state index contributed by atoms with van der Waals surface area (Å²) in [5.74, 6) is -0.757. The van der Waals surface area contributed by atoms with E-state index in [1.54, 1.807) is 13.3 Å². The highest BCUT2D eigenvalue weighted by Gasteiger charge is 2.19. The lowest BCUT2D eigenvalue weighted by Gasteiger charge is -2.17. The van der Waals surface area contributed by atoms with Crippen LogP contribution in [0.5, 0.6) is 0 Å². The first-order valence-corrected chi connectivity index (χ1v) is 10.7. The number of unbranched alkanes of at least 4 members (excludes halogenated alkanes) is 1. The fourth-order valence-electron chi connectivity index (χ4n) is 4.18. The molecular weight excluding hydrogens is 390 g/mol. The van der Waals surface area contributed by atoms with E-state index in [0.717, 1.165) is 63.8 Å². The van der Waals surface area contributed by atoms with Crippen LogP contribution in [0.1, 0.15) is 43.1 Å². The first-order chi connectivity index (χ1) is 15.1. The van der Waals surface area contributed by atoms with Crippen molar-refractivity contribution in [3.8, 4) is 11.1 Å². The van der Waals surface area contributed by atoms with Gasteiger partial charge in [-0.3, -0.25) is 9.78 Å². The Hall–Kier alpha value is -3.25. The number of aromatic nitrogens is 3. The van der Waals surface area contributed by atoms with Crippen LogP contribution >= 0.6 is 0 Å². The normalized spacial score (nSPS) is 11.4. The number of carboxylic acids is 1. The number of fused-ring (bicyclic) bond motifs is 2. The molecule has 4 aromatic rings. The number of rotatable bonds is 9. The van der Waals surface area contributed by atoms with Gasteiger partial charge in [-0.05, 0) is 67.1 Å². The van der Waals surface area contributed by atoms with Crippen molar-refractivity contribution < 1.29 is 14.6 Å². The maximum absolute atomic E-state index is 11.0. The van der Waals surface area contributed by atoms with Crippen molar-refractivity contribution >= 4 is 22.4 Å². The van der Waals surface area contributed by atoms with Crippen molar-refractivity contribution in [2.75, 3.05) is 7.11 Å². The Balaban J connectivity index is 1.90. The minimum atomic E-state index is -0.757. The molecule has 3 heterocycles. The molecule has 0 aliphatic heterocycles. The number of aliphatic carboxylic acids is 1. The first-order valence-electron chi connectivity index (χ1n) is 10.7. The van der Waals surface area contributed by atoms with E-state index in [1.807, 2.05) is 10.6 Å². The lowest BCUT2D eigenvalue weighted by Crippen LogP contribution is -2.10. The van der Waals surface area contributed by atoms with Crippen LogP contribution in [0.25, 0.3) is 27.5 Å². The zero-order chi connectivity index (χ0) is 21.8. The Morgan fingerprint density at radius 2 is 2.03 bits per heavy atom. The van der Waals surface area contributed by atoms with E-state index >= 15 is 0 Å². The van der Waals surface area contributed by atoms with E-state index in [4.69, 9.17) is 14.9 Å². The van der Waals surface area contributed by atoms with Crippen LogP contribution in [-0.4, -0.2) is 32.8 Å². The third-order valence-corrected chi connectivity index (χ3v) is 5.66. The molecule has 0 radical (unpaired) electrons. The van der Waals surface area contributed by atoms with Gasteiger partial charge in [-0.1, -0.05) is 19.1 Å². The summed E-state index contributed by atoms with van der Waals surface area (Å²) < 4.78 is 7.52. The number of hydrogen-bond acceptors (Lipinski definition) is 4. The van der Waals surface area contributed by atoms with Crippen LogP contribution in [0.2, 0.25) is 0 Å². The molecule has 0 bridgehead atoms. The lowest BCUT2D eigenvalue weighted by atomic mass is 9.93. The predicted octanol–water partition coefficient (Wildman–Crippen LogP) is 5.06. The van der Waals surface area contributed by atoms with Crippen molar-refractivity contribution in [3.05, 3.63) is 65.6 Å². The summed E-state index contributed by atoms with van der Waals surface area (Å²) in [4.78, 5) is 15.4. The minimum Gasteiger partial charge on any atom is -0.481 e. The largest absolute Gasteiger partial charge is 0.481 e. The van der Waals surface area contributed by atoms with Gasteiger partial charge in [0.05, 0.1) is 23.3 Å². The number of hydrogen-bond donors (Lipinski definition) is 1. The van der Waals surface area contributed by atoms with Crippen LogP contribution in [0.15, 0.2) is 48.7 Å². The molecular formula is C25H27N3O3. The van der Waals surface area contributed by atoms with E-state index in [1.165, 1.54) is 0 Å². The van der Waals surface area contributed by atoms with Gasteiger partial charge in [0.15, 0.2) is 0 Å². The van der Waals surface area contributed by atoms with Crippen LogP contribution in [0.4, 0.5) is 0 Å². The van der Waals surface area contributed by atoms with Crippen molar-refractivity contribution in [1.82, 2.24) is 14.6 Å². The average Bonchev–Trinajstić information content (AvgIpc) is 3.18. The van der Waals surface area contributed by atoms with Gasteiger partial charge in [0.2, 0.25) is 0 Å². The summed E-state index contributed by atoms with van der Waals surface area (Å²) in [5.41, 5.74) is 7.45. The van der Waals surface area contributed by atoms with Gasteiger partial charge in [-0.2, -0.15) is 5.10 Å². The van der Waals surface area contributed by atoms with Crippen LogP contribution in [0, 0.1) is 0 Å². The minimum absolute atomic E-state index is 0.178. The molecule has 160 valence electrons. The molecule has 0 amide bonds. The van der Waals surface area contributed by atoms with E-state index < -0.39 is 5.97 Å². The number of pyridine rings is 1. The molecule has 0 atom stereocenters. The second kappa shape index (κ2) is 9.27. The highest BCUT2D eigenvalue weighted by Crippen LogP contribution is 2.34. The Morgan fingerprint density at radius 3 is 2.81 bits per heavy atom. The molecule has 0 aliphatic rings. The second-order valence-electron chi connectivity index (χ2n) is 7.72. The zero-order valence-corrected chi connectivity index (χ0v) is 18.0. The predicted molar refractivity (Wildman–Crippen MR) is 121 cm³/mol. The summed E-state index contributed by atoms with van der Waals surface area (Å²) in [5, 5.41) is 15.0. The van der Waals surface area contributed by atoms with Gasteiger partial charge < -0.3 is 9.84 Å². The van der Waals surface area contributed by atoms with Crippen LogP contribution < -0.4 is 0 Å². The van der Waals surface area contributed by atoms with Crippen LogP contribution in [0.3, 0.4) is 0 Å². The molecule has 6 nitrogen and oxygen atoms in total. The highest BCUT2D eigenvalue weighted by atomic mass is 16.5. The highest BCUT2D eigenvalue weighted by molar-refractivity contribution is 5.90. The number of methoxy groups -OCH3 is 1. The second-order valence-corrected chi connectivity index (χ2v) is 7.72. The summed E-state index contributed by atoms with van der Waals surface area (Å²) in [6, 6.07) is 14.6. The molecule has 0 aliphatic carbocycles. The molecule has 0 saturated heterocycles. The van der Waals surface area contributed by atoms with E-state index in [-0.39, 0.29) is 6.42 Å². The van der Waals surface area contributed by atoms with Gasteiger partial charge >= 0.3 is 5.97 Å². The van der Waals surface area contributed by atoms with Crippen molar-refractivity contribution in [1.29, 1.82) is 0 Å². The molecule has 31 heavy (non-hydrogen) atoms. The SMILES string of the molecule is CCc1ccc2c(-c3ccc4ncccc4c3)c(CCCCC(=O)O)c(COC)nn12. The maximum atomic E-state index is 11.0. The number of aryl methyl sites for hydroxylation is 1. The molecule has 0 saturated carbocycles. The van der Waals surface area contributed by atoms with Gasteiger partial charge in [-0.15, -0.1) is 0 Å². The summed E-state index contributed by atoms with van der Waals surface area (Å²) in [6.45, 7) is 2.54. The van der Waals surface area contributed by atoms with Crippen molar-refractivity contribution in [2.24, 2.45) is 0 Å². The molecule has 1 aromatic carbocycles. The van der Waals surface area contributed by atoms with Gasteiger partial charge in [0, 0.05) is 36.4 Å². The smallest absolute Gasteiger partial charge is 0.303 e. The standard InChI is InChI=1S/C25H27N3O3/c1-3-19-11-13-23-25(18-10-12-21-17(15-18)7-6-14-26-21)20(8-4-5-9-24(29)30)22(16-31-2)27-28(19)23/h6-7,10-15H,3-5,8-9,16H2,1-2H3,(H,29,30). The molecule has 0 spiro atoms. The first kappa shape index (κ1) is 21.0. The van der Waals surface area contributed by atoms with E-state index in [0.29, 0.717) is 13.0 Å². The number of carbonyl (C=O) groups is 1. The molecule has 4 rings (SSSR count). The fourth-order valence-corrected chi connectivity index (χ4v) is 4.18. The molecule has 3 aromatic heterocycles. The Labute approximate surface area is 181 Å². The summed E-state index contributed by atoms with van der Waals surface area (Å²) >= 11 is 0. The fraction of sp³-hybridized carbons (Fsp3) is 0.320. The quantitative estimate of drug-likeness (QED) is 0.385.